The van der Waals surface area contributed by atoms with Gasteiger partial charge in [-0.2, -0.15) is 4.79 Å². The summed E-state index contributed by atoms with van der Waals surface area (Å²) in [5.41, 5.74) is 4.42. The van der Waals surface area contributed by atoms with Crippen LogP contribution in [0.25, 0.3) is 20.2 Å². The molecule has 0 heterocycles. The molecule has 0 amide bonds. The molecule has 0 atom stereocenters. The van der Waals surface area contributed by atoms with Crippen LogP contribution in [0, 0.1) is 29.5 Å². The molecule has 0 spiro atoms. The molecule has 0 bridgehead atoms. The van der Waals surface area contributed by atoms with Gasteiger partial charge in [0, 0.05) is 16.2 Å². The second-order valence-corrected chi connectivity index (χ2v) is 4.31. The molecule has 0 saturated heterocycles. The Bertz CT molecular complexity index is 672. The quantitative estimate of drug-likeness (QED) is 0.187. The van der Waals surface area contributed by atoms with Crippen LogP contribution in [0.15, 0.2) is 5.11 Å². The summed E-state index contributed by atoms with van der Waals surface area (Å²) in [6.07, 6.45) is 7.58. The highest BCUT2D eigenvalue weighted by molar-refractivity contribution is 5.80. The summed E-state index contributed by atoms with van der Waals surface area (Å²) < 4.78 is 7.03. The van der Waals surface area contributed by atoms with Gasteiger partial charge in [0.25, 0.3) is 12.1 Å². The summed E-state index contributed by atoms with van der Waals surface area (Å²) in [5, 5.41) is 14.4. The summed E-state index contributed by atoms with van der Waals surface area (Å²) in [7, 11) is 3.22. The lowest BCUT2D eigenvalue weighted by molar-refractivity contribution is -0.0779. The lowest BCUT2D eigenvalue weighted by atomic mass is 10.4. The van der Waals surface area contributed by atoms with E-state index < -0.39 is 0 Å². The zero-order valence-corrected chi connectivity index (χ0v) is 20.7. The number of hydrogen-bond acceptors (Lipinski definition) is 2. The van der Waals surface area contributed by atoms with Gasteiger partial charge < -0.3 is 10.6 Å². The minimum absolute atomic E-state index is 1.05. The largest absolute Gasteiger partial charge is 0.498 e. The number of nitrogens with zero attached hydrogens (tertiary/aromatic N) is 8. The minimum atomic E-state index is 1.05. The minimum Gasteiger partial charge on any atom is -0.498 e. The molecule has 0 aliphatic rings. The molecule has 0 N–H and O–H groups in total. The molecule has 0 unspecified atom stereocenters. The van der Waals surface area contributed by atoms with Crippen LogP contribution in [0.3, 0.4) is 0 Å². The molecule has 0 aromatic rings. The first-order valence-electron chi connectivity index (χ1n) is 8.58. The van der Waals surface area contributed by atoms with Gasteiger partial charge >= 0.3 is 0 Å². The van der Waals surface area contributed by atoms with Crippen LogP contribution in [0.2, 0.25) is 0 Å². The third-order valence-corrected chi connectivity index (χ3v) is 1.32. The van der Waals surface area contributed by atoms with E-state index in [-0.39, 0.29) is 0 Å². The Kier molecular flexibility index (Phi) is 76.5. The molecule has 0 rings (SSSR count). The fourth-order valence-electron chi connectivity index (χ4n) is 0.647. The smallest absolute Gasteiger partial charge is 0.294 e. The maximum absolute atomic E-state index is 8.81. The Morgan fingerprint density at radius 1 is 1.00 bits per heavy atom. The predicted molar refractivity (Wildman–Crippen MR) is 134 cm³/mol. The molecule has 0 fully saturated rings. The van der Waals surface area contributed by atoms with Gasteiger partial charge in [0.2, 0.25) is 0 Å². The van der Waals surface area contributed by atoms with Crippen LogP contribution in [0.1, 0.15) is 69.2 Å². The standard InChI is InChI=1S/2C5H9N.2C3H6N2.C3H5N.C2H3NO/c2*1-4-6-5(2)3;2*1-3-5-4-2;1-3-4-2;1-2-3-4/h2*1-3H3;2*1-2H3;2H2,1H3;1H3. The highest BCUT2D eigenvalue weighted by Crippen LogP contribution is 1.93. The third-order valence-electron chi connectivity index (χ3n) is 1.32. The van der Waals surface area contributed by atoms with Gasteiger partial charge in [-0.05, 0) is 54.7 Å². The van der Waals surface area contributed by atoms with Crippen LogP contribution in [0.4, 0.5) is 0 Å². The van der Waals surface area contributed by atoms with Crippen molar-refractivity contribution in [3.63, 3.8) is 0 Å². The van der Waals surface area contributed by atoms with E-state index in [9.17, 15) is 0 Å². The van der Waals surface area contributed by atoms with Gasteiger partial charge in [-0.15, -0.1) is 11.9 Å². The van der Waals surface area contributed by atoms with Gasteiger partial charge in [0.15, 0.2) is 12.4 Å². The molecular weight excluding hydrogens is 380 g/mol. The van der Waals surface area contributed by atoms with Crippen LogP contribution < -0.4 is 9.34 Å². The van der Waals surface area contributed by atoms with Crippen molar-refractivity contribution in [3.05, 3.63) is 31.5 Å². The molecule has 0 radical (unpaired) electrons. The third kappa shape index (κ3) is 193. The lowest BCUT2D eigenvalue weighted by Gasteiger charge is -1.79. The second kappa shape index (κ2) is 56.2. The molecule has 0 aliphatic carbocycles. The first-order chi connectivity index (χ1) is 14.2. The van der Waals surface area contributed by atoms with E-state index >= 15 is 0 Å². The Labute approximate surface area is 183 Å². The summed E-state index contributed by atoms with van der Waals surface area (Å²) in [5.74, 6) is 0. The van der Waals surface area contributed by atoms with Crippen molar-refractivity contribution in [2.75, 3.05) is 14.1 Å². The van der Waals surface area contributed by atoms with Crippen molar-refractivity contribution in [3.8, 4) is 18.2 Å². The average Bonchev–Trinajstić information content (AvgIpc) is 2.71. The Morgan fingerprint density at radius 2 is 1.47 bits per heavy atom. The van der Waals surface area contributed by atoms with E-state index in [0.717, 1.165) is 11.8 Å². The molecule has 0 aliphatic heterocycles. The van der Waals surface area contributed by atoms with Crippen molar-refractivity contribution < 1.29 is 4.79 Å². The fourth-order valence-corrected chi connectivity index (χ4v) is 0.647. The van der Waals surface area contributed by atoms with Crippen molar-refractivity contribution in [1.82, 2.24) is 9.34 Å². The SMILES string of the molecule is C=[N+]=[C-]C.CC#[N+][C-](C)C.CC#[N+][N-]C.CC#[N+][O-].C[C-]=[N+]=C(C)C.C[C-]=[N+]=NC. The van der Waals surface area contributed by atoms with E-state index in [1.165, 1.54) is 6.92 Å². The summed E-state index contributed by atoms with van der Waals surface area (Å²) >= 11 is 0. The molecule has 9 nitrogen and oxygen atoms in total. The van der Waals surface area contributed by atoms with Crippen LogP contribution >= 0.6 is 0 Å². The highest BCUT2D eigenvalue weighted by Gasteiger charge is 1.80. The molecular formula is C21H38N8O. The van der Waals surface area contributed by atoms with Crippen molar-refractivity contribution in [2.45, 2.75) is 69.2 Å². The van der Waals surface area contributed by atoms with Crippen LogP contribution in [0.5, 0.6) is 0 Å². The van der Waals surface area contributed by atoms with E-state index in [1.807, 2.05) is 33.8 Å². The summed E-state index contributed by atoms with van der Waals surface area (Å²) in [4.78, 5) is 10.5. The van der Waals surface area contributed by atoms with E-state index in [1.54, 1.807) is 48.7 Å². The Morgan fingerprint density at radius 3 is 1.47 bits per heavy atom. The van der Waals surface area contributed by atoms with E-state index in [4.69, 9.17) is 5.21 Å². The van der Waals surface area contributed by atoms with Crippen molar-refractivity contribution >= 4 is 31.1 Å². The predicted octanol–water partition coefficient (Wildman–Crippen LogP) is 4.47. The molecule has 9 heteroatoms. The lowest BCUT2D eigenvalue weighted by Crippen LogP contribution is -1.84. The normalized spacial score (nSPS) is 5.07. The summed E-state index contributed by atoms with van der Waals surface area (Å²) in [6.45, 7) is 21.0. The molecule has 0 saturated carbocycles. The zero-order valence-electron chi connectivity index (χ0n) is 20.7. The van der Waals surface area contributed by atoms with Crippen LogP contribution in [-0.4, -0.2) is 50.0 Å². The Hall–Kier alpha value is -3.78. The molecule has 30 heavy (non-hydrogen) atoms. The summed E-state index contributed by atoms with van der Waals surface area (Å²) in [6, 6.07) is 8.18. The number of rotatable bonds is 0. The van der Waals surface area contributed by atoms with Gasteiger partial charge in [0.1, 0.15) is 25.5 Å². The second-order valence-electron chi connectivity index (χ2n) is 4.31. The average molecular weight is 419 g/mol. The first kappa shape index (κ1) is 40.8. The maximum atomic E-state index is 8.81. The van der Waals surface area contributed by atoms with Gasteiger partial charge in [-0.1, -0.05) is 7.05 Å². The van der Waals surface area contributed by atoms with Gasteiger partial charge in [0.05, 0.1) is 13.8 Å². The number of hydrogen-bond donors (Lipinski definition) is 0. The monoisotopic (exact) mass is 418 g/mol. The highest BCUT2D eigenvalue weighted by atomic mass is 16.4. The topological polar surface area (TPSA) is 105 Å². The molecule has 0 aromatic carbocycles. The maximum Gasteiger partial charge on any atom is 0.294 e. The van der Waals surface area contributed by atoms with Crippen molar-refractivity contribution in [2.24, 2.45) is 5.11 Å². The van der Waals surface area contributed by atoms with Crippen LogP contribution in [-0.2, 0) is 0 Å². The van der Waals surface area contributed by atoms with Gasteiger partial charge in [-0.3, -0.25) is 9.34 Å². The molecule has 0 aromatic heterocycles. The zero-order chi connectivity index (χ0) is 25.1. The van der Waals surface area contributed by atoms with Gasteiger partial charge in [-0.25, -0.2) is 4.85 Å². The van der Waals surface area contributed by atoms with Crippen molar-refractivity contribution in [1.29, 1.82) is 0 Å². The molecule has 168 valence electrons. The van der Waals surface area contributed by atoms with E-state index in [0.29, 0.717) is 0 Å². The Balaban J connectivity index is -0.0000000580. The van der Waals surface area contributed by atoms with E-state index in [2.05, 4.69) is 77.0 Å². The fraction of sp³-hybridized carbons (Fsp3) is 0.571. The first-order valence-corrected chi connectivity index (χ1v) is 8.58.